The molecular weight excluding hydrogens is 258 g/mol. The Balaban J connectivity index is 3.34. The number of carbonyl (C=O) groups is 1. The van der Waals surface area contributed by atoms with Crippen molar-refractivity contribution in [1.29, 1.82) is 0 Å². The van der Waals surface area contributed by atoms with Crippen molar-refractivity contribution in [3.63, 3.8) is 0 Å². The van der Waals surface area contributed by atoms with Crippen LogP contribution in [0.2, 0.25) is 0 Å². The number of sulfonamides is 1. The maximum absolute atomic E-state index is 11.7. The van der Waals surface area contributed by atoms with Gasteiger partial charge in [-0.3, -0.25) is 5.10 Å². The van der Waals surface area contributed by atoms with E-state index in [1.165, 1.54) is 0 Å². The minimum atomic E-state index is -4.04. The molecule has 7 nitrogen and oxygen atoms in total. The van der Waals surface area contributed by atoms with Crippen molar-refractivity contribution in [1.82, 2.24) is 10.2 Å². The van der Waals surface area contributed by atoms with E-state index >= 15 is 0 Å². The lowest BCUT2D eigenvalue weighted by molar-refractivity contribution is 0.0366. The maximum atomic E-state index is 11.7. The van der Waals surface area contributed by atoms with Gasteiger partial charge in [0.15, 0.2) is 5.69 Å². The standard InChI is InChI=1S/C10H17N3O4S/c1-5(2)7-9(18(11,15)16)8(13-12-7)10(14)17-6(3)4/h5-6H,1-4H3,(H,12,13)(H2,11,15,16). The molecule has 0 amide bonds. The molecule has 3 N–H and O–H groups in total. The fourth-order valence-corrected chi connectivity index (χ4v) is 2.42. The zero-order valence-electron chi connectivity index (χ0n) is 10.7. The van der Waals surface area contributed by atoms with E-state index in [0.717, 1.165) is 0 Å². The van der Waals surface area contributed by atoms with E-state index in [1.807, 2.05) is 0 Å². The molecule has 0 saturated carbocycles. The van der Waals surface area contributed by atoms with Gasteiger partial charge < -0.3 is 4.74 Å². The number of ether oxygens (including phenoxy) is 1. The quantitative estimate of drug-likeness (QED) is 0.786. The molecule has 0 aliphatic heterocycles. The van der Waals surface area contributed by atoms with Gasteiger partial charge in [0, 0.05) is 0 Å². The lowest BCUT2D eigenvalue weighted by Crippen LogP contribution is -2.20. The first-order valence-corrected chi connectivity index (χ1v) is 7.01. The molecule has 1 aromatic heterocycles. The van der Waals surface area contributed by atoms with Crippen LogP contribution in [0.4, 0.5) is 0 Å². The monoisotopic (exact) mass is 275 g/mol. The number of aromatic nitrogens is 2. The lowest BCUT2D eigenvalue weighted by atomic mass is 10.1. The van der Waals surface area contributed by atoms with Gasteiger partial charge in [0.25, 0.3) is 0 Å². The van der Waals surface area contributed by atoms with E-state index in [-0.39, 0.29) is 22.6 Å². The minimum absolute atomic E-state index is 0.161. The molecule has 0 fully saturated rings. The molecule has 1 heterocycles. The number of hydrogen-bond donors (Lipinski definition) is 2. The topological polar surface area (TPSA) is 115 Å². The largest absolute Gasteiger partial charge is 0.458 e. The van der Waals surface area contributed by atoms with Crippen LogP contribution in [0.5, 0.6) is 0 Å². The van der Waals surface area contributed by atoms with Crippen LogP contribution in [0.1, 0.15) is 49.8 Å². The molecular formula is C10H17N3O4S. The van der Waals surface area contributed by atoms with Crippen molar-refractivity contribution < 1.29 is 17.9 Å². The van der Waals surface area contributed by atoms with Gasteiger partial charge in [-0.15, -0.1) is 0 Å². The molecule has 0 aliphatic carbocycles. The van der Waals surface area contributed by atoms with Crippen molar-refractivity contribution >= 4 is 16.0 Å². The number of H-pyrrole nitrogens is 1. The second kappa shape index (κ2) is 5.07. The molecule has 0 saturated heterocycles. The third-order valence-electron chi connectivity index (χ3n) is 2.15. The van der Waals surface area contributed by atoms with Crippen LogP contribution in [0.15, 0.2) is 4.90 Å². The Bertz CT molecular complexity index is 545. The summed E-state index contributed by atoms with van der Waals surface area (Å²) in [5.41, 5.74) is 0.00288. The fraction of sp³-hybridized carbons (Fsp3) is 0.600. The van der Waals surface area contributed by atoms with Gasteiger partial charge in [-0.25, -0.2) is 18.4 Å². The van der Waals surface area contributed by atoms with Crippen LogP contribution in [0.25, 0.3) is 0 Å². The molecule has 102 valence electrons. The summed E-state index contributed by atoms with van der Waals surface area (Å²) in [6, 6.07) is 0. The normalized spacial score (nSPS) is 12.2. The van der Waals surface area contributed by atoms with Gasteiger partial charge in [-0.1, -0.05) is 13.8 Å². The molecule has 0 aromatic carbocycles. The summed E-state index contributed by atoms with van der Waals surface area (Å²) in [6.45, 7) is 6.84. The first-order valence-electron chi connectivity index (χ1n) is 5.46. The highest BCUT2D eigenvalue weighted by atomic mass is 32.2. The molecule has 8 heteroatoms. The molecule has 1 rings (SSSR count). The summed E-state index contributed by atoms with van der Waals surface area (Å²) in [7, 11) is -4.04. The van der Waals surface area contributed by atoms with E-state index < -0.39 is 16.0 Å². The first-order chi connectivity index (χ1) is 8.14. The zero-order chi connectivity index (χ0) is 14.1. The van der Waals surface area contributed by atoms with E-state index in [4.69, 9.17) is 9.88 Å². The Labute approximate surface area is 106 Å². The number of rotatable bonds is 4. The molecule has 0 spiro atoms. The van der Waals surface area contributed by atoms with Crippen LogP contribution >= 0.6 is 0 Å². The third-order valence-corrected chi connectivity index (χ3v) is 3.13. The Morgan fingerprint density at radius 2 is 1.89 bits per heavy atom. The summed E-state index contributed by atoms with van der Waals surface area (Å²) >= 11 is 0. The summed E-state index contributed by atoms with van der Waals surface area (Å²) in [5, 5.41) is 11.3. The summed E-state index contributed by atoms with van der Waals surface area (Å²) < 4.78 is 28.0. The number of nitrogens with two attached hydrogens (primary N) is 1. The molecule has 0 atom stereocenters. The zero-order valence-corrected chi connectivity index (χ0v) is 11.5. The Morgan fingerprint density at radius 3 is 2.28 bits per heavy atom. The average Bonchev–Trinajstić information content (AvgIpc) is 2.59. The van der Waals surface area contributed by atoms with Gasteiger partial charge in [0.2, 0.25) is 10.0 Å². The number of hydrogen-bond acceptors (Lipinski definition) is 5. The Hall–Kier alpha value is -1.41. The number of esters is 1. The van der Waals surface area contributed by atoms with Crippen molar-refractivity contribution in [3.05, 3.63) is 11.4 Å². The maximum Gasteiger partial charge on any atom is 0.360 e. The van der Waals surface area contributed by atoms with Gasteiger partial charge in [0.05, 0.1) is 11.8 Å². The number of nitrogens with zero attached hydrogens (tertiary/aromatic N) is 1. The van der Waals surface area contributed by atoms with Crippen molar-refractivity contribution in [3.8, 4) is 0 Å². The highest BCUT2D eigenvalue weighted by Gasteiger charge is 2.29. The van der Waals surface area contributed by atoms with Gasteiger partial charge in [0.1, 0.15) is 4.90 Å². The second-order valence-corrected chi connectivity index (χ2v) is 5.97. The predicted molar refractivity (Wildman–Crippen MR) is 64.6 cm³/mol. The Kier molecular flexibility index (Phi) is 4.12. The minimum Gasteiger partial charge on any atom is -0.458 e. The van der Waals surface area contributed by atoms with Crippen molar-refractivity contribution in [2.75, 3.05) is 0 Å². The lowest BCUT2D eigenvalue weighted by Gasteiger charge is -2.08. The van der Waals surface area contributed by atoms with E-state index in [0.29, 0.717) is 5.69 Å². The smallest absolute Gasteiger partial charge is 0.360 e. The highest BCUT2D eigenvalue weighted by Crippen LogP contribution is 2.24. The molecule has 0 aliphatic rings. The summed E-state index contributed by atoms with van der Waals surface area (Å²) in [6.07, 6.45) is -0.370. The molecule has 18 heavy (non-hydrogen) atoms. The fourth-order valence-electron chi connectivity index (χ4n) is 1.43. The first kappa shape index (κ1) is 14.7. The SMILES string of the molecule is CC(C)OC(=O)c1n[nH]c(C(C)C)c1S(N)(=O)=O. The molecule has 0 unspecified atom stereocenters. The van der Waals surface area contributed by atoms with E-state index in [9.17, 15) is 13.2 Å². The molecule has 1 aromatic rings. The van der Waals surface area contributed by atoms with Crippen LogP contribution in [0, 0.1) is 0 Å². The number of carbonyl (C=O) groups excluding carboxylic acids is 1. The number of aromatic amines is 1. The third kappa shape index (κ3) is 3.08. The van der Waals surface area contributed by atoms with Crippen molar-refractivity contribution in [2.45, 2.75) is 44.6 Å². The summed E-state index contributed by atoms with van der Waals surface area (Å²) in [5.74, 6) is -0.969. The van der Waals surface area contributed by atoms with E-state index in [2.05, 4.69) is 10.2 Å². The molecule has 0 bridgehead atoms. The number of nitrogens with one attached hydrogen (secondary N) is 1. The van der Waals surface area contributed by atoms with E-state index in [1.54, 1.807) is 27.7 Å². The van der Waals surface area contributed by atoms with Gasteiger partial charge in [-0.2, -0.15) is 5.10 Å². The average molecular weight is 275 g/mol. The van der Waals surface area contributed by atoms with Crippen molar-refractivity contribution in [2.24, 2.45) is 5.14 Å². The Morgan fingerprint density at radius 1 is 1.33 bits per heavy atom. The van der Waals surface area contributed by atoms with Crippen LogP contribution in [-0.4, -0.2) is 30.7 Å². The predicted octanol–water partition coefficient (Wildman–Crippen LogP) is 0.746. The summed E-state index contributed by atoms with van der Waals surface area (Å²) in [4.78, 5) is 11.4. The van der Waals surface area contributed by atoms with Gasteiger partial charge >= 0.3 is 5.97 Å². The van der Waals surface area contributed by atoms with Crippen LogP contribution in [0.3, 0.4) is 0 Å². The second-order valence-electron chi connectivity index (χ2n) is 4.47. The van der Waals surface area contributed by atoms with Crippen LogP contribution in [-0.2, 0) is 14.8 Å². The molecule has 0 radical (unpaired) electrons. The highest BCUT2D eigenvalue weighted by molar-refractivity contribution is 7.89. The van der Waals surface area contributed by atoms with Crippen LogP contribution < -0.4 is 5.14 Å². The van der Waals surface area contributed by atoms with Gasteiger partial charge in [-0.05, 0) is 19.8 Å². The number of primary sulfonamides is 1.